The van der Waals surface area contributed by atoms with Crippen molar-refractivity contribution < 1.29 is 9.59 Å². The maximum absolute atomic E-state index is 13.2. The largest absolute Gasteiger partial charge is 0.330 e. The summed E-state index contributed by atoms with van der Waals surface area (Å²) in [6, 6.07) is 9.51. The first-order chi connectivity index (χ1) is 13.5. The molecule has 1 aliphatic heterocycles. The third kappa shape index (κ3) is 4.59. The lowest BCUT2D eigenvalue weighted by Crippen LogP contribution is -2.46. The number of carbonyl (C=O) groups is 2. The number of halogens is 2. The molecule has 0 saturated heterocycles. The van der Waals surface area contributed by atoms with Crippen LogP contribution in [-0.4, -0.2) is 47.1 Å². The number of carbonyl (C=O) groups excluding carboxylic acids is 2. The van der Waals surface area contributed by atoms with Crippen LogP contribution in [-0.2, 0) is 16.0 Å². The third-order valence-corrected chi connectivity index (χ3v) is 6.25. The maximum Gasteiger partial charge on any atom is 0.243 e. The Labute approximate surface area is 179 Å². The first-order valence-electron chi connectivity index (χ1n) is 9.11. The second kappa shape index (κ2) is 9.59. The summed E-state index contributed by atoms with van der Waals surface area (Å²) < 4.78 is 0. The van der Waals surface area contributed by atoms with E-state index in [2.05, 4.69) is 18.0 Å². The van der Waals surface area contributed by atoms with Gasteiger partial charge >= 0.3 is 0 Å². The third-order valence-electron chi connectivity index (χ3n) is 4.81. The average molecular weight is 437 g/mol. The van der Waals surface area contributed by atoms with E-state index in [1.165, 1.54) is 9.78 Å². The summed E-state index contributed by atoms with van der Waals surface area (Å²) in [7, 11) is 0. The number of hydrogen-bond donors (Lipinski definition) is 0. The minimum atomic E-state index is -0.173. The van der Waals surface area contributed by atoms with Crippen molar-refractivity contribution in [2.24, 2.45) is 0 Å². The van der Waals surface area contributed by atoms with E-state index in [0.717, 1.165) is 17.5 Å². The van der Waals surface area contributed by atoms with E-state index < -0.39 is 0 Å². The van der Waals surface area contributed by atoms with E-state index in [0.29, 0.717) is 18.1 Å². The molecule has 0 aliphatic carbocycles. The number of amides is 2. The summed E-state index contributed by atoms with van der Waals surface area (Å²) in [6.45, 7) is 4.65. The Balaban J connectivity index is 1.87. The number of rotatable bonds is 7. The molecule has 1 atom stereocenters. The molecule has 0 saturated carbocycles. The summed E-state index contributed by atoms with van der Waals surface area (Å²) in [4.78, 5) is 30.2. The predicted molar refractivity (Wildman–Crippen MR) is 115 cm³/mol. The number of hydrogen-bond acceptors (Lipinski definition) is 3. The summed E-state index contributed by atoms with van der Waals surface area (Å²) in [5, 5.41) is 2.72. The standard InChI is InChI=1S/C21H22Cl2N2O2S/c1-2-11-24(19(26)7-10-22)14-20(27)25-12-8-18-17(9-13-28-18)21(25)15-3-5-16(23)6-4-15/h2-6,9,13,21H,1,7-8,10-12,14H2. The zero-order chi connectivity index (χ0) is 20.1. The van der Waals surface area contributed by atoms with E-state index in [4.69, 9.17) is 23.2 Å². The molecular weight excluding hydrogens is 415 g/mol. The number of benzene rings is 1. The minimum Gasteiger partial charge on any atom is -0.330 e. The van der Waals surface area contributed by atoms with Crippen LogP contribution in [0.3, 0.4) is 0 Å². The van der Waals surface area contributed by atoms with E-state index in [9.17, 15) is 9.59 Å². The smallest absolute Gasteiger partial charge is 0.243 e. The Hall–Kier alpha value is -1.82. The highest BCUT2D eigenvalue weighted by atomic mass is 35.5. The van der Waals surface area contributed by atoms with Crippen molar-refractivity contribution in [1.82, 2.24) is 9.80 Å². The van der Waals surface area contributed by atoms with E-state index in [-0.39, 0.29) is 36.7 Å². The van der Waals surface area contributed by atoms with Crippen LogP contribution in [0.25, 0.3) is 0 Å². The molecule has 0 fully saturated rings. The van der Waals surface area contributed by atoms with Crippen LogP contribution in [0.5, 0.6) is 0 Å². The van der Waals surface area contributed by atoms with Gasteiger partial charge < -0.3 is 9.80 Å². The normalized spacial score (nSPS) is 15.8. The van der Waals surface area contributed by atoms with Gasteiger partial charge in [0.2, 0.25) is 11.8 Å². The van der Waals surface area contributed by atoms with E-state index in [1.807, 2.05) is 29.2 Å². The van der Waals surface area contributed by atoms with Gasteiger partial charge in [0.1, 0.15) is 6.54 Å². The van der Waals surface area contributed by atoms with E-state index >= 15 is 0 Å². The molecule has 3 rings (SSSR count). The quantitative estimate of drug-likeness (QED) is 0.472. The molecule has 2 heterocycles. The summed E-state index contributed by atoms with van der Waals surface area (Å²) in [5.41, 5.74) is 2.16. The van der Waals surface area contributed by atoms with Gasteiger partial charge in [-0.1, -0.05) is 29.8 Å². The highest BCUT2D eigenvalue weighted by Crippen LogP contribution is 2.38. The number of fused-ring (bicyclic) bond motifs is 1. The molecule has 0 spiro atoms. The van der Waals surface area contributed by atoms with Crippen LogP contribution in [0.1, 0.15) is 28.5 Å². The minimum absolute atomic E-state index is 0.0191. The Kier molecular flexibility index (Phi) is 7.16. The molecule has 1 aliphatic rings. The molecule has 4 nitrogen and oxygen atoms in total. The van der Waals surface area contributed by atoms with Crippen LogP contribution in [0.15, 0.2) is 48.4 Å². The van der Waals surface area contributed by atoms with Crippen molar-refractivity contribution in [3.8, 4) is 0 Å². The second-order valence-electron chi connectivity index (χ2n) is 6.59. The first-order valence-corrected chi connectivity index (χ1v) is 10.9. The fourth-order valence-corrected chi connectivity index (χ4v) is 4.68. The van der Waals surface area contributed by atoms with Gasteiger partial charge in [-0.15, -0.1) is 29.5 Å². The van der Waals surface area contributed by atoms with Crippen molar-refractivity contribution in [3.05, 3.63) is 69.4 Å². The SMILES string of the molecule is C=CCN(CC(=O)N1CCc2sccc2C1c1ccc(Cl)cc1)C(=O)CCCl. The van der Waals surface area contributed by atoms with Gasteiger partial charge in [0.25, 0.3) is 0 Å². The van der Waals surface area contributed by atoms with Crippen LogP contribution in [0.4, 0.5) is 0 Å². The van der Waals surface area contributed by atoms with Gasteiger partial charge in [-0.25, -0.2) is 0 Å². The summed E-state index contributed by atoms with van der Waals surface area (Å²) in [5.74, 6) is 0.0110. The van der Waals surface area contributed by atoms with Crippen LogP contribution < -0.4 is 0 Å². The van der Waals surface area contributed by atoms with Gasteiger partial charge in [0, 0.05) is 35.3 Å². The average Bonchev–Trinajstić information content (AvgIpc) is 3.16. The Morgan fingerprint density at radius 2 is 2.04 bits per heavy atom. The molecule has 7 heteroatoms. The molecule has 2 aromatic rings. The van der Waals surface area contributed by atoms with Crippen LogP contribution >= 0.6 is 34.5 Å². The number of nitrogens with zero attached hydrogens (tertiary/aromatic N) is 2. The molecule has 2 amide bonds. The highest BCUT2D eigenvalue weighted by molar-refractivity contribution is 7.10. The monoisotopic (exact) mass is 436 g/mol. The summed E-state index contributed by atoms with van der Waals surface area (Å²) >= 11 is 13.5. The van der Waals surface area contributed by atoms with Gasteiger partial charge in [-0.05, 0) is 41.1 Å². The molecule has 0 N–H and O–H groups in total. The first kappa shape index (κ1) is 20.9. The lowest BCUT2D eigenvalue weighted by Gasteiger charge is -2.37. The molecule has 28 heavy (non-hydrogen) atoms. The number of thiophene rings is 1. The molecule has 1 aromatic carbocycles. The summed E-state index contributed by atoms with van der Waals surface area (Å²) in [6.07, 6.45) is 2.65. The van der Waals surface area contributed by atoms with E-state index in [1.54, 1.807) is 17.4 Å². The fourth-order valence-electron chi connectivity index (χ4n) is 3.49. The Morgan fingerprint density at radius 1 is 1.29 bits per heavy atom. The second-order valence-corrected chi connectivity index (χ2v) is 8.41. The van der Waals surface area contributed by atoms with Crippen molar-refractivity contribution in [2.45, 2.75) is 18.9 Å². The van der Waals surface area contributed by atoms with Crippen molar-refractivity contribution in [2.75, 3.05) is 25.5 Å². The van der Waals surface area contributed by atoms with Crippen molar-refractivity contribution in [3.63, 3.8) is 0 Å². The van der Waals surface area contributed by atoms with Crippen LogP contribution in [0, 0.1) is 0 Å². The molecular formula is C21H22Cl2N2O2S. The molecule has 1 unspecified atom stereocenters. The van der Waals surface area contributed by atoms with Crippen molar-refractivity contribution in [1.29, 1.82) is 0 Å². The molecule has 148 valence electrons. The lowest BCUT2D eigenvalue weighted by atomic mass is 9.93. The van der Waals surface area contributed by atoms with Crippen molar-refractivity contribution >= 4 is 46.4 Å². The van der Waals surface area contributed by atoms with Gasteiger partial charge in [-0.3, -0.25) is 9.59 Å². The Morgan fingerprint density at radius 3 is 2.71 bits per heavy atom. The van der Waals surface area contributed by atoms with Gasteiger partial charge in [-0.2, -0.15) is 0 Å². The zero-order valence-corrected chi connectivity index (χ0v) is 17.8. The van der Waals surface area contributed by atoms with Gasteiger partial charge in [0.05, 0.1) is 6.04 Å². The molecule has 1 aromatic heterocycles. The van der Waals surface area contributed by atoms with Gasteiger partial charge in [0.15, 0.2) is 0 Å². The lowest BCUT2D eigenvalue weighted by molar-refractivity contribution is -0.141. The zero-order valence-electron chi connectivity index (χ0n) is 15.4. The topological polar surface area (TPSA) is 40.6 Å². The molecule has 0 radical (unpaired) electrons. The molecule has 0 bridgehead atoms. The maximum atomic E-state index is 13.2. The number of alkyl halides is 1. The van der Waals surface area contributed by atoms with Crippen LogP contribution in [0.2, 0.25) is 5.02 Å². The predicted octanol–water partition coefficient (Wildman–Crippen LogP) is 4.52. The highest BCUT2D eigenvalue weighted by Gasteiger charge is 2.33. The fraction of sp³-hybridized carbons (Fsp3) is 0.333. The Bertz CT molecular complexity index is 850.